The second kappa shape index (κ2) is 5.22. The van der Waals surface area contributed by atoms with Gasteiger partial charge in [-0.1, -0.05) is 26.0 Å². The first-order chi connectivity index (χ1) is 9.00. The lowest BCUT2D eigenvalue weighted by molar-refractivity contribution is -0.138. The molecule has 1 atom stereocenters. The van der Waals surface area contributed by atoms with E-state index >= 15 is 0 Å². The summed E-state index contributed by atoms with van der Waals surface area (Å²) in [5.41, 5.74) is 0. The molecule has 1 heterocycles. The number of anilines is 1. The molecule has 19 heavy (non-hydrogen) atoms. The van der Waals surface area contributed by atoms with Crippen LogP contribution in [0.2, 0.25) is 0 Å². The SMILES string of the molecule is CC(C)C(Nc1nccc2c(F)cccc12)C(=O)O. The van der Waals surface area contributed by atoms with Crippen molar-refractivity contribution in [1.82, 2.24) is 4.98 Å². The minimum absolute atomic E-state index is 0.108. The molecule has 2 aromatic rings. The van der Waals surface area contributed by atoms with E-state index in [9.17, 15) is 9.18 Å². The number of carbonyl (C=O) groups is 1. The molecule has 0 saturated carbocycles. The van der Waals surface area contributed by atoms with Crippen molar-refractivity contribution < 1.29 is 14.3 Å². The summed E-state index contributed by atoms with van der Waals surface area (Å²) in [5, 5.41) is 13.0. The Hall–Kier alpha value is -2.17. The smallest absolute Gasteiger partial charge is 0.326 e. The van der Waals surface area contributed by atoms with Gasteiger partial charge in [0.25, 0.3) is 0 Å². The Morgan fingerprint density at radius 1 is 1.32 bits per heavy atom. The van der Waals surface area contributed by atoms with Gasteiger partial charge in [-0.25, -0.2) is 14.2 Å². The van der Waals surface area contributed by atoms with E-state index in [4.69, 9.17) is 5.11 Å². The Balaban J connectivity index is 2.46. The molecule has 0 aliphatic rings. The number of nitrogens with one attached hydrogen (secondary N) is 1. The average molecular weight is 262 g/mol. The lowest BCUT2D eigenvalue weighted by atomic mass is 10.0. The van der Waals surface area contributed by atoms with Crippen LogP contribution in [0.5, 0.6) is 0 Å². The Labute approximate surface area is 110 Å². The number of aromatic nitrogens is 1. The first-order valence-corrected chi connectivity index (χ1v) is 6.03. The molecule has 0 radical (unpaired) electrons. The van der Waals surface area contributed by atoms with Crippen LogP contribution in [0.15, 0.2) is 30.5 Å². The minimum atomic E-state index is -0.954. The standard InChI is InChI=1S/C14H15FN2O2/c1-8(2)12(14(18)19)17-13-10-4-3-5-11(15)9(10)6-7-16-13/h3-8,12H,1-2H3,(H,16,17)(H,18,19). The number of hydrogen-bond acceptors (Lipinski definition) is 3. The first kappa shape index (κ1) is 13.3. The van der Waals surface area contributed by atoms with Crippen molar-refractivity contribution in [2.75, 3.05) is 5.32 Å². The molecule has 0 saturated heterocycles. The summed E-state index contributed by atoms with van der Waals surface area (Å²) in [7, 11) is 0. The summed E-state index contributed by atoms with van der Waals surface area (Å²) in [6.07, 6.45) is 1.47. The Bertz CT molecular complexity index is 613. The van der Waals surface area contributed by atoms with Gasteiger partial charge in [0.1, 0.15) is 17.7 Å². The van der Waals surface area contributed by atoms with Gasteiger partial charge in [-0.3, -0.25) is 0 Å². The highest BCUT2D eigenvalue weighted by Gasteiger charge is 2.22. The van der Waals surface area contributed by atoms with Gasteiger partial charge in [-0.2, -0.15) is 0 Å². The second-order valence-electron chi connectivity index (χ2n) is 4.70. The first-order valence-electron chi connectivity index (χ1n) is 6.03. The van der Waals surface area contributed by atoms with Gasteiger partial charge in [-0.05, 0) is 18.1 Å². The van der Waals surface area contributed by atoms with Crippen molar-refractivity contribution in [2.24, 2.45) is 5.92 Å². The molecule has 2 rings (SSSR count). The molecule has 100 valence electrons. The molecule has 0 aliphatic carbocycles. The number of rotatable bonds is 4. The van der Waals surface area contributed by atoms with Crippen LogP contribution in [0.25, 0.3) is 10.8 Å². The van der Waals surface area contributed by atoms with E-state index in [1.807, 2.05) is 0 Å². The van der Waals surface area contributed by atoms with Crippen molar-refractivity contribution in [2.45, 2.75) is 19.9 Å². The van der Waals surface area contributed by atoms with Crippen LogP contribution in [0.3, 0.4) is 0 Å². The minimum Gasteiger partial charge on any atom is -0.480 e. The van der Waals surface area contributed by atoms with Crippen LogP contribution < -0.4 is 5.32 Å². The zero-order valence-electron chi connectivity index (χ0n) is 10.7. The quantitative estimate of drug-likeness (QED) is 0.889. The fraction of sp³-hybridized carbons (Fsp3) is 0.286. The Morgan fingerprint density at radius 3 is 2.68 bits per heavy atom. The largest absolute Gasteiger partial charge is 0.480 e. The van der Waals surface area contributed by atoms with Gasteiger partial charge in [0.15, 0.2) is 0 Å². The monoisotopic (exact) mass is 262 g/mol. The number of nitrogens with zero attached hydrogens (tertiary/aromatic N) is 1. The van der Waals surface area contributed by atoms with Crippen LogP contribution in [-0.4, -0.2) is 22.1 Å². The highest BCUT2D eigenvalue weighted by molar-refractivity contribution is 5.93. The van der Waals surface area contributed by atoms with E-state index < -0.39 is 12.0 Å². The normalized spacial score (nSPS) is 12.6. The van der Waals surface area contributed by atoms with Crippen molar-refractivity contribution >= 4 is 22.6 Å². The molecule has 2 N–H and O–H groups in total. The van der Waals surface area contributed by atoms with Crippen LogP contribution in [-0.2, 0) is 4.79 Å². The number of aliphatic carboxylic acids is 1. The molecule has 1 aromatic carbocycles. The van der Waals surface area contributed by atoms with Crippen molar-refractivity contribution in [3.63, 3.8) is 0 Å². The Morgan fingerprint density at radius 2 is 2.05 bits per heavy atom. The molecule has 4 nitrogen and oxygen atoms in total. The summed E-state index contributed by atoms with van der Waals surface area (Å²) in [6.45, 7) is 3.61. The molecule has 5 heteroatoms. The molecular weight excluding hydrogens is 247 g/mol. The van der Waals surface area contributed by atoms with Crippen molar-refractivity contribution in [3.8, 4) is 0 Å². The lowest BCUT2D eigenvalue weighted by Crippen LogP contribution is -2.34. The highest BCUT2D eigenvalue weighted by atomic mass is 19.1. The van der Waals surface area contributed by atoms with E-state index in [1.165, 1.54) is 12.3 Å². The van der Waals surface area contributed by atoms with Gasteiger partial charge >= 0.3 is 5.97 Å². The third-order valence-corrected chi connectivity index (χ3v) is 2.98. The van der Waals surface area contributed by atoms with Crippen LogP contribution in [0.1, 0.15) is 13.8 Å². The van der Waals surface area contributed by atoms with Gasteiger partial charge < -0.3 is 10.4 Å². The van der Waals surface area contributed by atoms with Crippen LogP contribution >= 0.6 is 0 Å². The van der Waals surface area contributed by atoms with Gasteiger partial charge in [0.2, 0.25) is 0 Å². The van der Waals surface area contributed by atoms with E-state index in [1.54, 1.807) is 32.0 Å². The Kier molecular flexibility index (Phi) is 3.64. The van der Waals surface area contributed by atoms with E-state index in [2.05, 4.69) is 10.3 Å². The fourth-order valence-electron chi connectivity index (χ4n) is 1.94. The predicted molar refractivity (Wildman–Crippen MR) is 71.6 cm³/mol. The number of carboxylic acid groups (broad SMARTS) is 1. The van der Waals surface area contributed by atoms with E-state index in [-0.39, 0.29) is 11.7 Å². The zero-order valence-corrected chi connectivity index (χ0v) is 10.7. The summed E-state index contributed by atoms with van der Waals surface area (Å²) in [5.74, 6) is -1.02. The van der Waals surface area contributed by atoms with Crippen LogP contribution in [0.4, 0.5) is 10.2 Å². The molecule has 0 amide bonds. The molecule has 1 unspecified atom stereocenters. The number of benzene rings is 1. The molecule has 0 aliphatic heterocycles. The number of carboxylic acids is 1. The van der Waals surface area contributed by atoms with Gasteiger partial charge in [0, 0.05) is 17.0 Å². The summed E-state index contributed by atoms with van der Waals surface area (Å²) in [4.78, 5) is 15.3. The third kappa shape index (κ3) is 2.65. The molecule has 0 fully saturated rings. The maximum Gasteiger partial charge on any atom is 0.326 e. The number of fused-ring (bicyclic) bond motifs is 1. The van der Waals surface area contributed by atoms with Crippen LogP contribution in [0, 0.1) is 11.7 Å². The lowest BCUT2D eigenvalue weighted by Gasteiger charge is -2.19. The van der Waals surface area contributed by atoms with Crippen molar-refractivity contribution in [1.29, 1.82) is 0 Å². The molecule has 0 spiro atoms. The average Bonchev–Trinajstić information content (AvgIpc) is 2.36. The molecular formula is C14H15FN2O2. The maximum atomic E-state index is 13.6. The summed E-state index contributed by atoms with van der Waals surface area (Å²) < 4.78 is 13.6. The maximum absolute atomic E-state index is 13.6. The van der Waals surface area contributed by atoms with Gasteiger partial charge in [-0.15, -0.1) is 0 Å². The topological polar surface area (TPSA) is 62.2 Å². The fourth-order valence-corrected chi connectivity index (χ4v) is 1.94. The van der Waals surface area contributed by atoms with E-state index in [0.717, 1.165) is 0 Å². The van der Waals surface area contributed by atoms with Gasteiger partial charge in [0.05, 0.1) is 0 Å². The second-order valence-corrected chi connectivity index (χ2v) is 4.70. The third-order valence-electron chi connectivity index (χ3n) is 2.98. The number of halogens is 1. The molecule has 0 bridgehead atoms. The summed E-state index contributed by atoms with van der Waals surface area (Å²) >= 11 is 0. The predicted octanol–water partition coefficient (Wildman–Crippen LogP) is 2.90. The molecule has 1 aromatic heterocycles. The van der Waals surface area contributed by atoms with E-state index in [0.29, 0.717) is 16.6 Å². The number of hydrogen-bond donors (Lipinski definition) is 2. The zero-order chi connectivity index (χ0) is 14.0. The summed E-state index contributed by atoms with van der Waals surface area (Å²) in [6, 6.07) is 5.47. The van der Waals surface area contributed by atoms with Crippen molar-refractivity contribution in [3.05, 3.63) is 36.3 Å². The highest BCUT2D eigenvalue weighted by Crippen LogP contribution is 2.24. The number of pyridine rings is 1.